The smallest absolute Gasteiger partial charge is 0.0950 e. The van der Waals surface area contributed by atoms with Crippen LogP contribution in [-0.2, 0) is 6.42 Å². The van der Waals surface area contributed by atoms with Crippen molar-refractivity contribution in [1.82, 2.24) is 9.55 Å². The lowest BCUT2D eigenvalue weighted by Gasteiger charge is -2.28. The Balaban J connectivity index is 2.05. The molecule has 1 aromatic heterocycles. The molecule has 0 amide bonds. The van der Waals surface area contributed by atoms with Crippen LogP contribution in [0.25, 0.3) is 0 Å². The first kappa shape index (κ1) is 9.71. The van der Waals surface area contributed by atoms with Gasteiger partial charge in [-0.05, 0) is 38.1 Å². The summed E-state index contributed by atoms with van der Waals surface area (Å²) in [6.07, 6.45) is 9.04. The van der Waals surface area contributed by atoms with Crippen LogP contribution in [0.2, 0.25) is 0 Å². The Morgan fingerprint density at radius 3 is 3.00 bits per heavy atom. The van der Waals surface area contributed by atoms with Crippen LogP contribution in [0.1, 0.15) is 37.9 Å². The second-order valence-corrected chi connectivity index (χ2v) is 4.42. The van der Waals surface area contributed by atoms with E-state index in [1.54, 1.807) is 0 Å². The van der Waals surface area contributed by atoms with Crippen LogP contribution in [0, 0.1) is 5.92 Å². The van der Waals surface area contributed by atoms with Gasteiger partial charge in [0.15, 0.2) is 0 Å². The minimum absolute atomic E-state index is 0.561. The van der Waals surface area contributed by atoms with Gasteiger partial charge in [0.25, 0.3) is 0 Å². The monoisotopic (exact) mass is 193 g/mol. The maximum Gasteiger partial charge on any atom is 0.0950 e. The Morgan fingerprint density at radius 1 is 1.64 bits per heavy atom. The number of rotatable bonds is 4. The average molecular weight is 193 g/mol. The van der Waals surface area contributed by atoms with Gasteiger partial charge in [0.1, 0.15) is 0 Å². The van der Waals surface area contributed by atoms with E-state index in [2.05, 4.69) is 16.5 Å². The Morgan fingerprint density at radius 2 is 2.43 bits per heavy atom. The highest BCUT2D eigenvalue weighted by Crippen LogP contribution is 2.32. The van der Waals surface area contributed by atoms with Crippen LogP contribution in [0.5, 0.6) is 0 Å². The van der Waals surface area contributed by atoms with Gasteiger partial charge in [-0.25, -0.2) is 4.98 Å². The molecule has 1 aliphatic carbocycles. The van der Waals surface area contributed by atoms with Gasteiger partial charge in [0.2, 0.25) is 0 Å². The third kappa shape index (κ3) is 1.82. The molecule has 0 aliphatic heterocycles. The van der Waals surface area contributed by atoms with Crippen molar-refractivity contribution in [3.63, 3.8) is 0 Å². The Labute approximate surface area is 85.3 Å². The highest BCUT2D eigenvalue weighted by Gasteiger charge is 2.21. The van der Waals surface area contributed by atoms with Crippen LogP contribution in [0.3, 0.4) is 0 Å². The fourth-order valence-electron chi connectivity index (χ4n) is 1.92. The van der Waals surface area contributed by atoms with Crippen LogP contribution in [0.15, 0.2) is 12.5 Å². The molecule has 1 saturated carbocycles. The van der Waals surface area contributed by atoms with E-state index in [9.17, 15) is 0 Å². The minimum Gasteiger partial charge on any atom is -0.332 e. The van der Waals surface area contributed by atoms with E-state index in [1.807, 2.05) is 12.5 Å². The molecule has 3 nitrogen and oxygen atoms in total. The summed E-state index contributed by atoms with van der Waals surface area (Å²) in [5.74, 6) is 0.561. The summed E-state index contributed by atoms with van der Waals surface area (Å²) in [6.45, 7) is 2.95. The molecule has 2 N–H and O–H groups in total. The molecule has 0 saturated heterocycles. The molecule has 0 bridgehead atoms. The van der Waals surface area contributed by atoms with E-state index < -0.39 is 0 Å². The zero-order chi connectivity index (χ0) is 9.97. The van der Waals surface area contributed by atoms with Crippen molar-refractivity contribution in [2.24, 2.45) is 11.7 Å². The van der Waals surface area contributed by atoms with Gasteiger partial charge in [0, 0.05) is 17.9 Å². The molecule has 3 heteroatoms. The van der Waals surface area contributed by atoms with Crippen LogP contribution in [-0.4, -0.2) is 16.1 Å². The molecule has 0 radical (unpaired) electrons. The number of imidazole rings is 1. The fourth-order valence-corrected chi connectivity index (χ4v) is 1.92. The zero-order valence-corrected chi connectivity index (χ0v) is 8.82. The van der Waals surface area contributed by atoms with Gasteiger partial charge in [-0.2, -0.15) is 0 Å². The second-order valence-electron chi connectivity index (χ2n) is 4.42. The topological polar surface area (TPSA) is 43.8 Å². The molecule has 1 unspecified atom stereocenters. The molecule has 1 atom stereocenters. The first-order valence-electron chi connectivity index (χ1n) is 5.52. The number of aromatic nitrogens is 2. The number of hydrogen-bond acceptors (Lipinski definition) is 2. The lowest BCUT2D eigenvalue weighted by molar-refractivity contribution is 0.304. The van der Waals surface area contributed by atoms with E-state index in [0.717, 1.165) is 19.0 Å². The molecule has 78 valence electrons. The second kappa shape index (κ2) is 4.13. The highest BCUT2D eigenvalue weighted by atomic mass is 15.1. The van der Waals surface area contributed by atoms with E-state index in [-0.39, 0.29) is 0 Å². The van der Waals surface area contributed by atoms with Crippen LogP contribution >= 0.6 is 0 Å². The predicted molar refractivity (Wildman–Crippen MR) is 57.0 cm³/mol. The van der Waals surface area contributed by atoms with Gasteiger partial charge in [-0.3, -0.25) is 0 Å². The van der Waals surface area contributed by atoms with Crippen LogP contribution in [0.4, 0.5) is 0 Å². The van der Waals surface area contributed by atoms with Crippen molar-refractivity contribution in [1.29, 1.82) is 0 Å². The number of nitrogens with two attached hydrogens (primary N) is 1. The van der Waals surface area contributed by atoms with Crippen LogP contribution < -0.4 is 5.73 Å². The van der Waals surface area contributed by atoms with Crippen molar-refractivity contribution in [2.75, 3.05) is 6.54 Å². The SMILES string of the molecule is CC(CN)Cc1cncn1C1CCC1. The summed E-state index contributed by atoms with van der Waals surface area (Å²) in [6, 6.07) is 0.720. The largest absolute Gasteiger partial charge is 0.332 e. The summed E-state index contributed by atoms with van der Waals surface area (Å²) < 4.78 is 2.34. The maximum absolute atomic E-state index is 5.63. The molecule has 1 aromatic rings. The first-order chi connectivity index (χ1) is 6.81. The minimum atomic E-state index is 0.561. The summed E-state index contributed by atoms with van der Waals surface area (Å²) >= 11 is 0. The Hall–Kier alpha value is -0.830. The van der Waals surface area contributed by atoms with Gasteiger partial charge < -0.3 is 10.3 Å². The van der Waals surface area contributed by atoms with Gasteiger partial charge in [-0.1, -0.05) is 6.92 Å². The van der Waals surface area contributed by atoms with Gasteiger partial charge in [0.05, 0.1) is 6.33 Å². The fraction of sp³-hybridized carbons (Fsp3) is 0.727. The molecular formula is C11H19N3. The van der Waals surface area contributed by atoms with Gasteiger partial charge in [-0.15, -0.1) is 0 Å². The number of hydrogen-bond donors (Lipinski definition) is 1. The quantitative estimate of drug-likeness (QED) is 0.791. The average Bonchev–Trinajstić information content (AvgIpc) is 2.50. The number of nitrogens with zero attached hydrogens (tertiary/aromatic N) is 2. The molecule has 2 rings (SSSR count). The van der Waals surface area contributed by atoms with E-state index >= 15 is 0 Å². The molecule has 1 aliphatic rings. The third-order valence-corrected chi connectivity index (χ3v) is 3.17. The van der Waals surface area contributed by atoms with Gasteiger partial charge >= 0.3 is 0 Å². The van der Waals surface area contributed by atoms with Crippen molar-refractivity contribution < 1.29 is 0 Å². The van der Waals surface area contributed by atoms with Crippen molar-refractivity contribution >= 4 is 0 Å². The Kier molecular flexibility index (Phi) is 2.87. The van der Waals surface area contributed by atoms with Crippen molar-refractivity contribution in [3.05, 3.63) is 18.2 Å². The third-order valence-electron chi connectivity index (χ3n) is 3.17. The summed E-state index contributed by atoms with van der Waals surface area (Å²) in [5.41, 5.74) is 6.99. The molecule has 1 heterocycles. The summed E-state index contributed by atoms with van der Waals surface area (Å²) in [7, 11) is 0. The zero-order valence-electron chi connectivity index (χ0n) is 8.82. The Bertz CT molecular complexity index is 288. The molecule has 0 aromatic carbocycles. The van der Waals surface area contributed by atoms with Crippen molar-refractivity contribution in [2.45, 2.75) is 38.6 Å². The van der Waals surface area contributed by atoms with E-state index in [0.29, 0.717) is 5.92 Å². The molecule has 1 fully saturated rings. The lowest BCUT2D eigenvalue weighted by atomic mass is 9.92. The summed E-state index contributed by atoms with van der Waals surface area (Å²) in [4.78, 5) is 4.23. The molecule has 0 spiro atoms. The maximum atomic E-state index is 5.63. The first-order valence-corrected chi connectivity index (χ1v) is 5.52. The molecule has 14 heavy (non-hydrogen) atoms. The van der Waals surface area contributed by atoms with E-state index in [4.69, 9.17) is 5.73 Å². The lowest BCUT2D eigenvalue weighted by Crippen LogP contribution is -2.21. The standard InChI is InChI=1S/C11H19N3/c1-9(6-12)5-11-7-13-8-14(11)10-3-2-4-10/h7-10H,2-6,12H2,1H3. The summed E-state index contributed by atoms with van der Waals surface area (Å²) in [5, 5.41) is 0. The highest BCUT2D eigenvalue weighted by molar-refractivity contribution is 5.03. The normalized spacial score (nSPS) is 19.3. The predicted octanol–water partition coefficient (Wildman–Crippen LogP) is 1.75. The van der Waals surface area contributed by atoms with Crippen molar-refractivity contribution in [3.8, 4) is 0 Å². The van der Waals surface area contributed by atoms with E-state index in [1.165, 1.54) is 25.0 Å². The molecular weight excluding hydrogens is 174 g/mol.